The molecule has 0 aliphatic carbocycles. The first-order valence-corrected chi connectivity index (χ1v) is 5.79. The number of amides is 1. The SMILES string of the molecule is CC(C)c1nc(C(=O)NC(CO)C(C)C)n[nH]1. The molecule has 1 unspecified atom stereocenters. The van der Waals surface area contributed by atoms with Crippen molar-refractivity contribution in [3.63, 3.8) is 0 Å². The third-order valence-corrected chi connectivity index (χ3v) is 2.57. The Morgan fingerprint density at radius 2 is 2.06 bits per heavy atom. The number of aromatic nitrogens is 3. The van der Waals surface area contributed by atoms with Gasteiger partial charge >= 0.3 is 0 Å². The summed E-state index contributed by atoms with van der Waals surface area (Å²) in [6, 6.07) is -0.275. The standard InChI is InChI=1S/C11H20N4O2/c1-6(2)8(5-16)12-11(17)10-13-9(7(3)4)14-15-10/h6-8,16H,5H2,1-4H3,(H,12,17)(H,13,14,15). The van der Waals surface area contributed by atoms with Gasteiger partial charge in [0.2, 0.25) is 5.82 Å². The zero-order valence-electron chi connectivity index (χ0n) is 10.7. The summed E-state index contributed by atoms with van der Waals surface area (Å²) >= 11 is 0. The molecule has 1 aromatic rings. The van der Waals surface area contributed by atoms with Crippen molar-refractivity contribution in [1.29, 1.82) is 0 Å². The zero-order chi connectivity index (χ0) is 13.0. The van der Waals surface area contributed by atoms with Crippen LogP contribution in [-0.4, -0.2) is 38.8 Å². The second-order valence-corrected chi connectivity index (χ2v) is 4.71. The van der Waals surface area contributed by atoms with Crippen molar-refractivity contribution in [2.45, 2.75) is 39.7 Å². The fraction of sp³-hybridized carbons (Fsp3) is 0.727. The Balaban J connectivity index is 2.69. The number of H-pyrrole nitrogens is 1. The largest absolute Gasteiger partial charge is 0.394 e. The van der Waals surface area contributed by atoms with Gasteiger partial charge in [0.15, 0.2) is 0 Å². The molecule has 1 amide bonds. The molecule has 0 aliphatic heterocycles. The zero-order valence-corrected chi connectivity index (χ0v) is 10.7. The lowest BCUT2D eigenvalue weighted by molar-refractivity contribution is 0.0886. The lowest BCUT2D eigenvalue weighted by Gasteiger charge is -2.18. The fourth-order valence-electron chi connectivity index (χ4n) is 1.29. The number of carbonyl (C=O) groups is 1. The third kappa shape index (κ3) is 3.52. The van der Waals surface area contributed by atoms with Crippen LogP contribution in [0.2, 0.25) is 0 Å². The van der Waals surface area contributed by atoms with Gasteiger partial charge < -0.3 is 10.4 Å². The molecule has 0 saturated carbocycles. The highest BCUT2D eigenvalue weighted by Gasteiger charge is 2.19. The average Bonchev–Trinajstić information content (AvgIpc) is 2.74. The van der Waals surface area contributed by atoms with Crippen LogP contribution in [0.25, 0.3) is 0 Å². The van der Waals surface area contributed by atoms with Crippen molar-refractivity contribution in [2.75, 3.05) is 6.61 Å². The topological polar surface area (TPSA) is 90.9 Å². The Kier molecular flexibility index (Phi) is 4.62. The molecule has 0 radical (unpaired) electrons. The summed E-state index contributed by atoms with van der Waals surface area (Å²) < 4.78 is 0. The molecule has 6 nitrogen and oxygen atoms in total. The van der Waals surface area contributed by atoms with Gasteiger partial charge in [0.25, 0.3) is 5.91 Å². The highest BCUT2D eigenvalue weighted by atomic mass is 16.3. The Hall–Kier alpha value is -1.43. The number of rotatable bonds is 5. The minimum absolute atomic E-state index is 0.0924. The molecule has 0 aliphatic rings. The third-order valence-electron chi connectivity index (χ3n) is 2.57. The molecule has 1 rings (SSSR count). The molecule has 0 saturated heterocycles. The average molecular weight is 240 g/mol. The number of nitrogens with zero attached hydrogens (tertiary/aromatic N) is 2. The van der Waals surface area contributed by atoms with Crippen molar-refractivity contribution in [3.8, 4) is 0 Å². The van der Waals surface area contributed by atoms with Crippen LogP contribution in [0, 0.1) is 5.92 Å². The molecular weight excluding hydrogens is 220 g/mol. The molecule has 0 aromatic carbocycles. The number of hydrogen-bond acceptors (Lipinski definition) is 4. The van der Waals surface area contributed by atoms with Crippen LogP contribution >= 0.6 is 0 Å². The second kappa shape index (κ2) is 5.77. The van der Waals surface area contributed by atoms with Crippen molar-refractivity contribution in [3.05, 3.63) is 11.6 Å². The van der Waals surface area contributed by atoms with Crippen LogP contribution < -0.4 is 5.32 Å². The van der Waals surface area contributed by atoms with Crippen LogP contribution in [0.15, 0.2) is 0 Å². The smallest absolute Gasteiger partial charge is 0.291 e. The van der Waals surface area contributed by atoms with E-state index in [1.54, 1.807) is 0 Å². The summed E-state index contributed by atoms with van der Waals surface area (Å²) in [5.41, 5.74) is 0. The molecule has 0 bridgehead atoms. The fourth-order valence-corrected chi connectivity index (χ4v) is 1.29. The van der Waals surface area contributed by atoms with Crippen molar-refractivity contribution < 1.29 is 9.90 Å². The first kappa shape index (κ1) is 13.6. The first-order chi connectivity index (χ1) is 7.95. The molecule has 96 valence electrons. The van der Waals surface area contributed by atoms with Gasteiger partial charge in [0.1, 0.15) is 5.82 Å². The van der Waals surface area contributed by atoms with Crippen LogP contribution in [-0.2, 0) is 0 Å². The van der Waals surface area contributed by atoms with E-state index in [0.717, 1.165) is 0 Å². The van der Waals surface area contributed by atoms with Gasteiger partial charge in [-0.15, -0.1) is 5.10 Å². The maximum absolute atomic E-state index is 11.8. The van der Waals surface area contributed by atoms with E-state index in [4.69, 9.17) is 5.11 Å². The molecule has 1 atom stereocenters. The van der Waals surface area contributed by atoms with E-state index in [-0.39, 0.29) is 36.2 Å². The number of aliphatic hydroxyl groups excluding tert-OH is 1. The van der Waals surface area contributed by atoms with E-state index < -0.39 is 0 Å². The molecule has 1 heterocycles. The van der Waals surface area contributed by atoms with Gasteiger partial charge in [-0.2, -0.15) is 0 Å². The Bertz CT molecular complexity index is 373. The van der Waals surface area contributed by atoms with Crippen molar-refractivity contribution in [2.24, 2.45) is 5.92 Å². The molecule has 1 aromatic heterocycles. The number of aromatic amines is 1. The van der Waals surface area contributed by atoms with Gasteiger partial charge in [0, 0.05) is 5.92 Å². The minimum Gasteiger partial charge on any atom is -0.394 e. The molecule has 6 heteroatoms. The van der Waals surface area contributed by atoms with Gasteiger partial charge in [-0.05, 0) is 5.92 Å². The maximum Gasteiger partial charge on any atom is 0.291 e. The first-order valence-electron chi connectivity index (χ1n) is 5.79. The van der Waals surface area contributed by atoms with Crippen LogP contribution in [0.5, 0.6) is 0 Å². The summed E-state index contributed by atoms with van der Waals surface area (Å²) in [4.78, 5) is 15.9. The van der Waals surface area contributed by atoms with Crippen LogP contribution in [0.3, 0.4) is 0 Å². The summed E-state index contributed by atoms with van der Waals surface area (Å²) in [7, 11) is 0. The highest BCUT2D eigenvalue weighted by molar-refractivity contribution is 5.90. The van der Waals surface area contributed by atoms with Crippen LogP contribution in [0.1, 0.15) is 50.1 Å². The molecular formula is C11H20N4O2. The van der Waals surface area contributed by atoms with Gasteiger partial charge in [-0.25, -0.2) is 4.98 Å². The maximum atomic E-state index is 11.8. The highest BCUT2D eigenvalue weighted by Crippen LogP contribution is 2.08. The summed E-state index contributed by atoms with van der Waals surface area (Å²) in [6.45, 7) is 7.70. The summed E-state index contributed by atoms with van der Waals surface area (Å²) in [5, 5.41) is 18.4. The summed E-state index contributed by atoms with van der Waals surface area (Å²) in [5.74, 6) is 0.796. The summed E-state index contributed by atoms with van der Waals surface area (Å²) in [6.07, 6.45) is 0. The monoisotopic (exact) mass is 240 g/mol. The van der Waals surface area contributed by atoms with Gasteiger partial charge in [-0.1, -0.05) is 27.7 Å². The number of hydrogen-bond donors (Lipinski definition) is 3. The Morgan fingerprint density at radius 3 is 2.47 bits per heavy atom. The minimum atomic E-state index is -0.360. The van der Waals surface area contributed by atoms with Crippen molar-refractivity contribution in [1.82, 2.24) is 20.5 Å². The lowest BCUT2D eigenvalue weighted by atomic mass is 10.1. The molecule has 0 spiro atoms. The molecule has 3 N–H and O–H groups in total. The normalized spacial score (nSPS) is 13.1. The molecule has 17 heavy (non-hydrogen) atoms. The Morgan fingerprint density at radius 1 is 1.41 bits per heavy atom. The number of nitrogens with one attached hydrogen (secondary N) is 2. The van der Waals surface area contributed by atoms with E-state index in [0.29, 0.717) is 5.82 Å². The molecule has 0 fully saturated rings. The second-order valence-electron chi connectivity index (χ2n) is 4.71. The number of aliphatic hydroxyl groups is 1. The van der Waals surface area contributed by atoms with E-state index in [9.17, 15) is 4.79 Å². The number of carbonyl (C=O) groups excluding carboxylic acids is 1. The van der Waals surface area contributed by atoms with Crippen LogP contribution in [0.4, 0.5) is 0 Å². The van der Waals surface area contributed by atoms with E-state index in [1.807, 2.05) is 27.7 Å². The predicted octanol–water partition coefficient (Wildman–Crippen LogP) is 0.675. The lowest BCUT2D eigenvalue weighted by Crippen LogP contribution is -2.41. The van der Waals surface area contributed by atoms with E-state index in [1.165, 1.54) is 0 Å². The van der Waals surface area contributed by atoms with Gasteiger partial charge in [0.05, 0.1) is 12.6 Å². The predicted molar refractivity (Wildman–Crippen MR) is 63.6 cm³/mol. The Labute approximate surface area is 101 Å². The van der Waals surface area contributed by atoms with Crippen molar-refractivity contribution >= 4 is 5.91 Å². The quantitative estimate of drug-likeness (QED) is 0.705. The van der Waals surface area contributed by atoms with E-state index in [2.05, 4.69) is 20.5 Å². The van der Waals surface area contributed by atoms with E-state index >= 15 is 0 Å². The van der Waals surface area contributed by atoms with Gasteiger partial charge in [-0.3, -0.25) is 9.89 Å².